The van der Waals surface area contributed by atoms with Gasteiger partial charge in [-0.25, -0.2) is 0 Å². The number of nitrogens with zero attached hydrogens (tertiary/aromatic N) is 1. The highest BCUT2D eigenvalue weighted by atomic mass is 16.5. The normalized spacial score (nSPS) is 10.7. The lowest BCUT2D eigenvalue weighted by Gasteiger charge is -2.08. The van der Waals surface area contributed by atoms with E-state index in [1.54, 1.807) is 0 Å². The van der Waals surface area contributed by atoms with E-state index in [9.17, 15) is 4.79 Å². The van der Waals surface area contributed by atoms with Crippen LogP contribution in [0, 0.1) is 0 Å². The second-order valence-electron chi connectivity index (χ2n) is 5.33. The SMILES string of the molecule is COC(=O)CCn1ccc2cc(OCc3ccccc3)ccc21. The first-order valence-corrected chi connectivity index (χ1v) is 7.59. The first-order valence-electron chi connectivity index (χ1n) is 7.59. The van der Waals surface area contributed by atoms with E-state index in [2.05, 4.69) is 4.74 Å². The molecule has 0 bridgehead atoms. The van der Waals surface area contributed by atoms with Crippen LogP contribution in [0.4, 0.5) is 0 Å². The zero-order valence-electron chi connectivity index (χ0n) is 13.1. The lowest BCUT2D eigenvalue weighted by Crippen LogP contribution is -2.06. The van der Waals surface area contributed by atoms with E-state index in [0.717, 1.165) is 22.2 Å². The maximum Gasteiger partial charge on any atom is 0.307 e. The molecule has 3 rings (SSSR count). The van der Waals surface area contributed by atoms with Crippen molar-refractivity contribution >= 4 is 16.9 Å². The molecular weight excluding hydrogens is 290 g/mol. The Morgan fingerprint density at radius 2 is 1.91 bits per heavy atom. The number of hydrogen-bond acceptors (Lipinski definition) is 3. The van der Waals surface area contributed by atoms with Crippen molar-refractivity contribution in [1.82, 2.24) is 4.57 Å². The highest BCUT2D eigenvalue weighted by molar-refractivity contribution is 5.82. The monoisotopic (exact) mass is 309 g/mol. The van der Waals surface area contributed by atoms with Gasteiger partial charge in [-0.15, -0.1) is 0 Å². The lowest BCUT2D eigenvalue weighted by atomic mass is 10.2. The number of aromatic nitrogens is 1. The van der Waals surface area contributed by atoms with E-state index in [1.807, 2.05) is 65.4 Å². The molecule has 0 fully saturated rings. The smallest absolute Gasteiger partial charge is 0.307 e. The molecule has 4 heteroatoms. The quantitative estimate of drug-likeness (QED) is 0.651. The Hall–Kier alpha value is -2.75. The third-order valence-electron chi connectivity index (χ3n) is 3.78. The van der Waals surface area contributed by atoms with E-state index in [1.165, 1.54) is 7.11 Å². The molecule has 0 saturated carbocycles. The number of ether oxygens (including phenoxy) is 2. The molecule has 0 N–H and O–H groups in total. The minimum absolute atomic E-state index is 0.199. The van der Waals surface area contributed by atoms with Crippen molar-refractivity contribution in [3.63, 3.8) is 0 Å². The predicted molar refractivity (Wildman–Crippen MR) is 89.3 cm³/mol. The van der Waals surface area contributed by atoms with E-state index in [-0.39, 0.29) is 5.97 Å². The largest absolute Gasteiger partial charge is 0.489 e. The molecular formula is C19H19NO3. The fourth-order valence-electron chi connectivity index (χ4n) is 2.52. The number of rotatable bonds is 6. The molecule has 0 unspecified atom stereocenters. The Morgan fingerprint density at radius 3 is 2.70 bits per heavy atom. The summed E-state index contributed by atoms with van der Waals surface area (Å²) >= 11 is 0. The summed E-state index contributed by atoms with van der Waals surface area (Å²) in [5.74, 6) is 0.640. The van der Waals surface area contributed by atoms with Crippen LogP contribution in [0.3, 0.4) is 0 Å². The number of fused-ring (bicyclic) bond motifs is 1. The molecule has 118 valence electrons. The van der Waals surface area contributed by atoms with Gasteiger partial charge < -0.3 is 14.0 Å². The Kier molecular flexibility index (Phi) is 4.62. The van der Waals surface area contributed by atoms with Crippen molar-refractivity contribution in [3.05, 3.63) is 66.4 Å². The molecule has 0 aliphatic heterocycles. The molecule has 0 aliphatic carbocycles. The first kappa shape index (κ1) is 15.2. The summed E-state index contributed by atoms with van der Waals surface area (Å²) in [4.78, 5) is 11.3. The zero-order chi connectivity index (χ0) is 16.1. The van der Waals surface area contributed by atoms with Crippen LogP contribution >= 0.6 is 0 Å². The lowest BCUT2D eigenvalue weighted by molar-refractivity contribution is -0.140. The van der Waals surface area contributed by atoms with Crippen LogP contribution in [-0.2, 0) is 22.7 Å². The van der Waals surface area contributed by atoms with E-state index >= 15 is 0 Å². The topological polar surface area (TPSA) is 40.5 Å². The molecule has 23 heavy (non-hydrogen) atoms. The molecule has 0 aliphatic rings. The third-order valence-corrected chi connectivity index (χ3v) is 3.78. The average Bonchev–Trinajstić information content (AvgIpc) is 3.01. The average molecular weight is 309 g/mol. The van der Waals surface area contributed by atoms with Crippen LogP contribution in [0.1, 0.15) is 12.0 Å². The molecule has 0 atom stereocenters. The second-order valence-corrected chi connectivity index (χ2v) is 5.33. The molecule has 3 aromatic rings. The maximum absolute atomic E-state index is 11.3. The van der Waals surface area contributed by atoms with Gasteiger partial charge in [-0.1, -0.05) is 30.3 Å². The first-order chi connectivity index (χ1) is 11.3. The number of hydrogen-bond donors (Lipinski definition) is 0. The summed E-state index contributed by atoms with van der Waals surface area (Å²) < 4.78 is 12.6. The third kappa shape index (κ3) is 3.72. The number of methoxy groups -OCH3 is 1. The summed E-state index contributed by atoms with van der Waals surface area (Å²) in [7, 11) is 1.41. The molecule has 0 radical (unpaired) electrons. The van der Waals surface area contributed by atoms with E-state index < -0.39 is 0 Å². The van der Waals surface area contributed by atoms with Crippen molar-refractivity contribution in [1.29, 1.82) is 0 Å². The van der Waals surface area contributed by atoms with Gasteiger partial charge in [0.2, 0.25) is 0 Å². The number of carbonyl (C=O) groups excluding carboxylic acids is 1. The van der Waals surface area contributed by atoms with E-state index in [0.29, 0.717) is 19.6 Å². The number of aryl methyl sites for hydroxylation is 1. The second kappa shape index (κ2) is 7.01. The predicted octanol–water partition coefficient (Wildman–Crippen LogP) is 3.78. The summed E-state index contributed by atoms with van der Waals surface area (Å²) in [6.07, 6.45) is 2.35. The summed E-state index contributed by atoms with van der Waals surface area (Å²) in [5, 5.41) is 1.10. The standard InChI is InChI=1S/C19H19NO3/c1-22-19(21)10-12-20-11-9-16-13-17(7-8-18(16)20)23-14-15-5-3-2-4-6-15/h2-9,11,13H,10,12,14H2,1H3. The van der Waals surface area contributed by atoms with Crippen molar-refractivity contribution in [2.45, 2.75) is 19.6 Å². The van der Waals surface area contributed by atoms with Crippen molar-refractivity contribution in [2.24, 2.45) is 0 Å². The van der Waals surface area contributed by atoms with Crippen LogP contribution in [0.25, 0.3) is 10.9 Å². The maximum atomic E-state index is 11.3. The van der Waals surface area contributed by atoms with Gasteiger partial charge in [-0.05, 0) is 29.8 Å². The van der Waals surface area contributed by atoms with E-state index in [4.69, 9.17) is 4.74 Å². The van der Waals surface area contributed by atoms with Crippen LogP contribution in [0.2, 0.25) is 0 Å². The molecule has 0 saturated heterocycles. The fraction of sp³-hybridized carbons (Fsp3) is 0.211. The summed E-state index contributed by atoms with van der Waals surface area (Å²) in [5.41, 5.74) is 2.23. The van der Waals surface area contributed by atoms with Gasteiger partial charge in [-0.3, -0.25) is 4.79 Å². The van der Waals surface area contributed by atoms with Gasteiger partial charge in [0.15, 0.2) is 0 Å². The minimum atomic E-state index is -0.199. The summed E-state index contributed by atoms with van der Waals surface area (Å²) in [6.45, 7) is 1.16. The molecule has 1 heterocycles. The number of benzene rings is 2. The molecule has 4 nitrogen and oxygen atoms in total. The van der Waals surface area contributed by atoms with Gasteiger partial charge in [0.25, 0.3) is 0 Å². The highest BCUT2D eigenvalue weighted by Gasteiger charge is 2.06. The Labute approximate surface area is 135 Å². The fourth-order valence-corrected chi connectivity index (χ4v) is 2.52. The van der Waals surface area contributed by atoms with Crippen LogP contribution in [0.5, 0.6) is 5.75 Å². The molecule has 0 amide bonds. The highest BCUT2D eigenvalue weighted by Crippen LogP contribution is 2.23. The van der Waals surface area contributed by atoms with Gasteiger partial charge in [0.1, 0.15) is 12.4 Å². The van der Waals surface area contributed by atoms with Gasteiger partial charge >= 0.3 is 5.97 Å². The van der Waals surface area contributed by atoms with Gasteiger partial charge in [0.05, 0.1) is 13.5 Å². The van der Waals surface area contributed by atoms with Crippen LogP contribution in [0.15, 0.2) is 60.8 Å². The van der Waals surface area contributed by atoms with Crippen molar-refractivity contribution in [2.75, 3.05) is 7.11 Å². The Balaban J connectivity index is 1.69. The minimum Gasteiger partial charge on any atom is -0.489 e. The Morgan fingerprint density at radius 1 is 1.09 bits per heavy atom. The number of carbonyl (C=O) groups is 1. The van der Waals surface area contributed by atoms with Gasteiger partial charge in [0, 0.05) is 23.6 Å². The Bertz CT molecular complexity index is 793. The van der Waals surface area contributed by atoms with Crippen LogP contribution < -0.4 is 4.74 Å². The molecule has 1 aromatic heterocycles. The summed E-state index contributed by atoms with van der Waals surface area (Å²) in [6, 6.07) is 18.1. The van der Waals surface area contributed by atoms with Crippen LogP contribution in [-0.4, -0.2) is 17.6 Å². The van der Waals surface area contributed by atoms with Crippen molar-refractivity contribution in [3.8, 4) is 5.75 Å². The zero-order valence-corrected chi connectivity index (χ0v) is 13.1. The van der Waals surface area contributed by atoms with Crippen molar-refractivity contribution < 1.29 is 14.3 Å². The molecule has 2 aromatic carbocycles. The molecule has 0 spiro atoms. The number of esters is 1. The van der Waals surface area contributed by atoms with Gasteiger partial charge in [-0.2, -0.15) is 0 Å².